The van der Waals surface area contributed by atoms with Crippen molar-refractivity contribution >= 4 is 22.9 Å². The van der Waals surface area contributed by atoms with Crippen LogP contribution in [0.4, 0.5) is 0 Å². The molecule has 1 aliphatic carbocycles. The van der Waals surface area contributed by atoms with Gasteiger partial charge in [-0.05, 0) is 18.8 Å². The van der Waals surface area contributed by atoms with Gasteiger partial charge in [-0.25, -0.2) is 0 Å². The number of rotatable bonds is 2. The molecule has 2 rings (SSSR count). The van der Waals surface area contributed by atoms with Crippen molar-refractivity contribution in [3.05, 3.63) is 0 Å². The fraction of sp³-hybridized carbons (Fsp3) is 0.900. The maximum Gasteiger partial charge on any atom is 0.191 e. The molecule has 1 saturated carbocycles. The molecule has 1 aliphatic heterocycles. The van der Waals surface area contributed by atoms with E-state index < -0.39 is 0 Å². The van der Waals surface area contributed by atoms with E-state index in [1.807, 2.05) is 0 Å². The summed E-state index contributed by atoms with van der Waals surface area (Å²) in [6.45, 7) is 3.09. The summed E-state index contributed by atoms with van der Waals surface area (Å²) < 4.78 is 0. The Morgan fingerprint density at radius 2 is 2.00 bits per heavy atom. The molecule has 82 valence electrons. The summed E-state index contributed by atoms with van der Waals surface area (Å²) in [5.41, 5.74) is 5.77. The SMILES string of the molecule is Br.NC1=NCCN1CC1CCCCC1. The number of hydrogen-bond acceptors (Lipinski definition) is 3. The zero-order chi connectivity index (χ0) is 9.10. The van der Waals surface area contributed by atoms with Crippen molar-refractivity contribution in [3.63, 3.8) is 0 Å². The Bertz CT molecular complexity index is 200. The summed E-state index contributed by atoms with van der Waals surface area (Å²) in [7, 11) is 0. The molecule has 0 unspecified atom stereocenters. The van der Waals surface area contributed by atoms with E-state index in [1.54, 1.807) is 0 Å². The highest BCUT2D eigenvalue weighted by Crippen LogP contribution is 2.24. The molecule has 0 aromatic rings. The van der Waals surface area contributed by atoms with E-state index in [0.29, 0.717) is 0 Å². The van der Waals surface area contributed by atoms with E-state index in [2.05, 4.69) is 9.89 Å². The van der Waals surface area contributed by atoms with Crippen molar-refractivity contribution in [1.29, 1.82) is 0 Å². The third-order valence-electron chi connectivity index (χ3n) is 3.17. The number of hydrogen-bond donors (Lipinski definition) is 1. The molecule has 0 radical (unpaired) electrons. The number of aliphatic imine (C=N–C) groups is 1. The molecule has 4 heteroatoms. The quantitative estimate of drug-likeness (QED) is 0.824. The van der Waals surface area contributed by atoms with E-state index in [0.717, 1.165) is 31.5 Å². The maximum atomic E-state index is 5.77. The Labute approximate surface area is 96.5 Å². The molecular formula is C10H20BrN3. The first kappa shape index (κ1) is 11.8. The second-order valence-electron chi connectivity index (χ2n) is 4.19. The lowest BCUT2D eigenvalue weighted by molar-refractivity contribution is 0.283. The topological polar surface area (TPSA) is 41.6 Å². The van der Waals surface area contributed by atoms with Crippen LogP contribution in [-0.4, -0.2) is 30.5 Å². The molecule has 0 spiro atoms. The average molecular weight is 262 g/mol. The molecule has 1 heterocycles. The first-order valence-electron chi connectivity index (χ1n) is 5.41. The van der Waals surface area contributed by atoms with E-state index in [-0.39, 0.29) is 17.0 Å². The lowest BCUT2D eigenvalue weighted by Crippen LogP contribution is -2.38. The van der Waals surface area contributed by atoms with Gasteiger partial charge in [0, 0.05) is 13.1 Å². The zero-order valence-corrected chi connectivity index (χ0v) is 10.3. The van der Waals surface area contributed by atoms with Gasteiger partial charge >= 0.3 is 0 Å². The Hall–Kier alpha value is -0.250. The summed E-state index contributed by atoms with van der Waals surface area (Å²) in [6.07, 6.45) is 7.04. The van der Waals surface area contributed by atoms with Crippen molar-refractivity contribution in [3.8, 4) is 0 Å². The van der Waals surface area contributed by atoms with Crippen LogP contribution in [0.1, 0.15) is 32.1 Å². The van der Waals surface area contributed by atoms with Crippen LogP contribution >= 0.6 is 17.0 Å². The number of guanidine groups is 1. The monoisotopic (exact) mass is 261 g/mol. The summed E-state index contributed by atoms with van der Waals surface area (Å²) in [6, 6.07) is 0. The fourth-order valence-corrected chi connectivity index (χ4v) is 2.37. The van der Waals surface area contributed by atoms with Crippen LogP contribution in [0.15, 0.2) is 4.99 Å². The van der Waals surface area contributed by atoms with E-state index in [4.69, 9.17) is 5.73 Å². The Morgan fingerprint density at radius 1 is 1.29 bits per heavy atom. The molecular weight excluding hydrogens is 242 g/mol. The summed E-state index contributed by atoms with van der Waals surface area (Å²) in [5.74, 6) is 1.64. The predicted octanol–water partition coefficient (Wildman–Crippen LogP) is 1.77. The van der Waals surface area contributed by atoms with E-state index in [1.165, 1.54) is 32.1 Å². The Balaban J connectivity index is 0.000000980. The van der Waals surface area contributed by atoms with Crippen LogP contribution in [-0.2, 0) is 0 Å². The minimum Gasteiger partial charge on any atom is -0.370 e. The molecule has 0 aromatic carbocycles. The van der Waals surface area contributed by atoms with Crippen molar-refractivity contribution in [1.82, 2.24) is 4.90 Å². The molecule has 0 atom stereocenters. The van der Waals surface area contributed by atoms with Gasteiger partial charge in [0.25, 0.3) is 0 Å². The molecule has 0 amide bonds. The summed E-state index contributed by atoms with van der Waals surface area (Å²) in [5, 5.41) is 0. The smallest absolute Gasteiger partial charge is 0.191 e. The average Bonchev–Trinajstić information content (AvgIpc) is 2.54. The Morgan fingerprint density at radius 3 is 2.57 bits per heavy atom. The van der Waals surface area contributed by atoms with Gasteiger partial charge in [0.15, 0.2) is 5.96 Å². The fourth-order valence-electron chi connectivity index (χ4n) is 2.37. The standard InChI is InChI=1S/C10H19N3.BrH/c11-10-12-6-7-13(10)8-9-4-2-1-3-5-9;/h9H,1-8H2,(H2,11,12);1H. The second-order valence-corrected chi connectivity index (χ2v) is 4.19. The first-order chi connectivity index (χ1) is 6.36. The normalized spacial score (nSPS) is 23.1. The molecule has 0 aromatic heterocycles. The van der Waals surface area contributed by atoms with Gasteiger partial charge in [-0.3, -0.25) is 4.99 Å². The van der Waals surface area contributed by atoms with Crippen LogP contribution in [0, 0.1) is 5.92 Å². The van der Waals surface area contributed by atoms with Gasteiger partial charge in [-0.1, -0.05) is 19.3 Å². The lowest BCUT2D eigenvalue weighted by atomic mass is 9.89. The molecule has 0 saturated heterocycles. The second kappa shape index (κ2) is 5.59. The molecule has 0 bridgehead atoms. The molecule has 2 N–H and O–H groups in total. The van der Waals surface area contributed by atoms with Gasteiger partial charge in [0.1, 0.15) is 0 Å². The van der Waals surface area contributed by atoms with Gasteiger partial charge < -0.3 is 10.6 Å². The minimum atomic E-state index is 0. The van der Waals surface area contributed by atoms with Crippen LogP contribution in [0.2, 0.25) is 0 Å². The largest absolute Gasteiger partial charge is 0.370 e. The van der Waals surface area contributed by atoms with Crippen molar-refractivity contribution in [2.45, 2.75) is 32.1 Å². The van der Waals surface area contributed by atoms with Crippen molar-refractivity contribution < 1.29 is 0 Å². The molecule has 1 fully saturated rings. The Kier molecular flexibility index (Phi) is 4.72. The van der Waals surface area contributed by atoms with E-state index >= 15 is 0 Å². The van der Waals surface area contributed by atoms with Crippen LogP contribution < -0.4 is 5.73 Å². The van der Waals surface area contributed by atoms with Crippen LogP contribution in [0.3, 0.4) is 0 Å². The van der Waals surface area contributed by atoms with Gasteiger partial charge in [-0.2, -0.15) is 0 Å². The minimum absolute atomic E-state index is 0. The number of nitrogens with zero attached hydrogens (tertiary/aromatic N) is 2. The van der Waals surface area contributed by atoms with Gasteiger partial charge in [-0.15, -0.1) is 17.0 Å². The maximum absolute atomic E-state index is 5.77. The number of halogens is 1. The van der Waals surface area contributed by atoms with Crippen molar-refractivity contribution in [2.24, 2.45) is 16.6 Å². The van der Waals surface area contributed by atoms with Gasteiger partial charge in [0.05, 0.1) is 6.54 Å². The van der Waals surface area contributed by atoms with Crippen LogP contribution in [0.25, 0.3) is 0 Å². The van der Waals surface area contributed by atoms with Crippen molar-refractivity contribution in [2.75, 3.05) is 19.6 Å². The third-order valence-corrected chi connectivity index (χ3v) is 3.17. The van der Waals surface area contributed by atoms with Gasteiger partial charge in [0.2, 0.25) is 0 Å². The predicted molar refractivity (Wildman–Crippen MR) is 65.0 cm³/mol. The highest BCUT2D eigenvalue weighted by molar-refractivity contribution is 8.93. The van der Waals surface area contributed by atoms with Crippen LogP contribution in [0.5, 0.6) is 0 Å². The first-order valence-corrected chi connectivity index (χ1v) is 5.41. The summed E-state index contributed by atoms with van der Waals surface area (Å²) >= 11 is 0. The molecule has 2 aliphatic rings. The zero-order valence-electron chi connectivity index (χ0n) is 8.61. The lowest BCUT2D eigenvalue weighted by Gasteiger charge is -2.27. The van der Waals surface area contributed by atoms with E-state index in [9.17, 15) is 0 Å². The highest BCUT2D eigenvalue weighted by atomic mass is 79.9. The molecule has 3 nitrogen and oxygen atoms in total. The number of nitrogens with two attached hydrogens (primary N) is 1. The summed E-state index contributed by atoms with van der Waals surface area (Å²) in [4.78, 5) is 6.45. The third kappa shape index (κ3) is 2.87. The highest BCUT2D eigenvalue weighted by Gasteiger charge is 2.20. The molecule has 14 heavy (non-hydrogen) atoms.